The van der Waals surface area contributed by atoms with Crippen molar-refractivity contribution in [2.75, 3.05) is 23.0 Å². The third-order valence-electron chi connectivity index (χ3n) is 16.7. The lowest BCUT2D eigenvalue weighted by Gasteiger charge is -2.45. The summed E-state index contributed by atoms with van der Waals surface area (Å²) >= 11 is 0. The van der Waals surface area contributed by atoms with Gasteiger partial charge in [0.2, 0.25) is 0 Å². The number of furan rings is 1. The summed E-state index contributed by atoms with van der Waals surface area (Å²) in [6.07, 6.45) is 0. The van der Waals surface area contributed by atoms with Crippen LogP contribution in [0.3, 0.4) is 0 Å². The summed E-state index contributed by atoms with van der Waals surface area (Å²) in [5, 5.41) is 1.08. The Morgan fingerprint density at radius 1 is 0.461 bits per heavy atom. The molecule has 14 rings (SSSR count). The highest BCUT2D eigenvalue weighted by Crippen LogP contribution is 2.53. The Morgan fingerprint density at radius 2 is 1.08 bits per heavy atom. The molecule has 9 aromatic carbocycles. The van der Waals surface area contributed by atoms with Crippen LogP contribution >= 0.6 is 0 Å². The molecule has 3 aliphatic heterocycles. The molecular weight excluding hydrogens is 928 g/mol. The van der Waals surface area contributed by atoms with Gasteiger partial charge in [0, 0.05) is 56.4 Å². The molecule has 0 atom stereocenters. The summed E-state index contributed by atoms with van der Waals surface area (Å²) in [6.45, 7) is 21.9. The molecule has 5 nitrogen and oxygen atoms in total. The summed E-state index contributed by atoms with van der Waals surface area (Å²) in [5.41, 5.74) is 25.7. The van der Waals surface area contributed by atoms with Gasteiger partial charge in [-0.15, -0.1) is 0 Å². The largest absolute Gasteiger partial charge is 0.486 e. The maximum Gasteiger partial charge on any atom is 0.252 e. The summed E-state index contributed by atoms with van der Waals surface area (Å²) in [7, 11) is 0. The van der Waals surface area contributed by atoms with Gasteiger partial charge in [-0.1, -0.05) is 165 Å². The standard InChI is InChI=1S/C70H61BN2O3/c1-42-31-61-67-62(32-42)73(60-41-66-65(74-29-30-75-66)40-53(60)43-17-11-10-12-18-43)59-28-25-49(69(5,6)7)39-57(59)71(67)56-38-48(68(2,3)4)24-27-58(56)72(61)50-34-46(33-47(35-50)64-37-45-19-13-16-22-63(45)76-64)44-23-26-52-51-20-14-15-21-54(51)70(8,9)55(52)36-44/h10-28,31-41H,29-30H2,1-9H3. The van der Waals surface area contributed by atoms with E-state index in [2.05, 4.69) is 254 Å². The Labute approximate surface area is 447 Å². The first kappa shape index (κ1) is 46.3. The molecule has 6 heteroatoms. The van der Waals surface area contributed by atoms with Gasteiger partial charge in [-0.25, -0.2) is 0 Å². The Bertz CT molecular complexity index is 4010. The average Bonchev–Trinajstić information content (AvgIpc) is 4.08. The van der Waals surface area contributed by atoms with Crippen molar-refractivity contribution in [3.05, 3.63) is 210 Å². The minimum atomic E-state index is -0.153. The van der Waals surface area contributed by atoms with Crippen LogP contribution in [0.2, 0.25) is 0 Å². The van der Waals surface area contributed by atoms with Crippen molar-refractivity contribution in [1.29, 1.82) is 0 Å². The van der Waals surface area contributed by atoms with Crippen molar-refractivity contribution < 1.29 is 13.9 Å². The van der Waals surface area contributed by atoms with Crippen molar-refractivity contribution in [3.8, 4) is 56.2 Å². The van der Waals surface area contributed by atoms with Gasteiger partial charge in [0.1, 0.15) is 24.6 Å². The van der Waals surface area contributed by atoms with Crippen LogP contribution < -0.4 is 35.7 Å². The van der Waals surface area contributed by atoms with Gasteiger partial charge in [-0.05, 0) is 157 Å². The highest BCUT2D eigenvalue weighted by molar-refractivity contribution is 7.00. The molecule has 4 aliphatic rings. The zero-order chi connectivity index (χ0) is 52.0. The Balaban J connectivity index is 1.06. The van der Waals surface area contributed by atoms with E-state index in [-0.39, 0.29) is 23.0 Å². The molecular formula is C70H61BN2O3. The Morgan fingerprint density at radius 3 is 1.79 bits per heavy atom. The van der Waals surface area contributed by atoms with E-state index in [1.54, 1.807) is 0 Å². The van der Waals surface area contributed by atoms with Gasteiger partial charge in [0.05, 0.1) is 5.69 Å². The van der Waals surface area contributed by atoms with Crippen LogP contribution in [0.4, 0.5) is 34.1 Å². The van der Waals surface area contributed by atoms with Crippen LogP contribution in [-0.2, 0) is 16.2 Å². The van der Waals surface area contributed by atoms with Crippen molar-refractivity contribution >= 4 is 68.2 Å². The average molecular weight is 989 g/mol. The van der Waals surface area contributed by atoms with Crippen LogP contribution in [0, 0.1) is 6.92 Å². The Hall–Kier alpha value is -8.22. The molecule has 0 saturated heterocycles. The van der Waals surface area contributed by atoms with Crippen molar-refractivity contribution in [2.45, 2.75) is 78.6 Å². The second-order valence-electron chi connectivity index (χ2n) is 24.1. The summed E-state index contributed by atoms with van der Waals surface area (Å²) in [4.78, 5) is 5.09. The van der Waals surface area contributed by atoms with E-state index in [4.69, 9.17) is 13.9 Å². The number of hydrogen-bond donors (Lipinski definition) is 0. The van der Waals surface area contributed by atoms with Crippen molar-refractivity contribution in [3.63, 3.8) is 0 Å². The lowest BCUT2D eigenvalue weighted by atomic mass is 9.33. The topological polar surface area (TPSA) is 38.1 Å². The fraction of sp³-hybridized carbons (Fsp3) is 0.200. The van der Waals surface area contributed by atoms with Gasteiger partial charge < -0.3 is 23.7 Å². The van der Waals surface area contributed by atoms with Crippen LogP contribution in [0.5, 0.6) is 11.5 Å². The molecule has 10 aromatic rings. The molecule has 1 aliphatic carbocycles. The number of fused-ring (bicyclic) bond motifs is 9. The monoisotopic (exact) mass is 988 g/mol. The minimum absolute atomic E-state index is 0.0799. The lowest BCUT2D eigenvalue weighted by Crippen LogP contribution is -2.61. The fourth-order valence-corrected chi connectivity index (χ4v) is 12.8. The SMILES string of the molecule is Cc1cc2c3c(c1)N(c1cc4c(cc1-c1ccccc1)OCCO4)c1ccc(C(C)(C)C)cc1B3c1cc(C(C)(C)C)ccc1N2c1cc(-c2ccc3c(c2)C(C)(C)c2ccccc2-3)cc(-c2cc3ccccc3o2)c1. The number of nitrogens with zero attached hydrogens (tertiary/aromatic N) is 2. The van der Waals surface area contributed by atoms with Crippen molar-refractivity contribution in [1.82, 2.24) is 0 Å². The molecule has 0 fully saturated rings. The van der Waals surface area contributed by atoms with Gasteiger partial charge in [-0.3, -0.25) is 0 Å². The molecule has 0 amide bonds. The first-order valence-corrected chi connectivity index (χ1v) is 27.0. The highest BCUT2D eigenvalue weighted by atomic mass is 16.6. The van der Waals surface area contributed by atoms with Crippen LogP contribution in [0.25, 0.3) is 55.7 Å². The molecule has 0 saturated carbocycles. The van der Waals surface area contributed by atoms with E-state index >= 15 is 0 Å². The lowest BCUT2D eigenvalue weighted by molar-refractivity contribution is 0.172. The maximum absolute atomic E-state index is 6.79. The molecule has 0 bridgehead atoms. The molecule has 0 spiro atoms. The molecule has 0 radical (unpaired) electrons. The van der Waals surface area contributed by atoms with Crippen molar-refractivity contribution in [2.24, 2.45) is 0 Å². The van der Waals surface area contributed by atoms with Gasteiger partial charge in [0.25, 0.3) is 6.71 Å². The van der Waals surface area contributed by atoms with E-state index in [1.165, 1.54) is 66.6 Å². The van der Waals surface area contributed by atoms with Gasteiger partial charge >= 0.3 is 0 Å². The smallest absolute Gasteiger partial charge is 0.252 e. The van der Waals surface area contributed by atoms with Crippen LogP contribution in [-0.4, -0.2) is 19.9 Å². The molecule has 76 heavy (non-hydrogen) atoms. The second kappa shape index (κ2) is 16.6. The third kappa shape index (κ3) is 7.20. The van der Waals surface area contributed by atoms with E-state index in [0.29, 0.717) is 13.2 Å². The van der Waals surface area contributed by atoms with Crippen LogP contribution in [0.1, 0.15) is 83.2 Å². The number of ether oxygens (including phenoxy) is 2. The van der Waals surface area contributed by atoms with Gasteiger partial charge in [-0.2, -0.15) is 0 Å². The second-order valence-corrected chi connectivity index (χ2v) is 24.1. The van der Waals surface area contributed by atoms with Gasteiger partial charge in [0.15, 0.2) is 11.5 Å². The molecule has 0 unspecified atom stereocenters. The predicted molar refractivity (Wildman–Crippen MR) is 317 cm³/mol. The normalized spacial score (nSPS) is 14.8. The third-order valence-corrected chi connectivity index (χ3v) is 16.7. The Kier molecular flexibility index (Phi) is 10.1. The molecule has 372 valence electrons. The number of anilines is 6. The summed E-state index contributed by atoms with van der Waals surface area (Å²) in [6, 6.07) is 68.2. The minimum Gasteiger partial charge on any atom is -0.486 e. The molecule has 4 heterocycles. The first-order valence-electron chi connectivity index (χ1n) is 27.0. The number of aryl methyl sites for hydroxylation is 1. The van der Waals surface area contributed by atoms with Crippen LogP contribution in [0.15, 0.2) is 186 Å². The quantitative estimate of drug-likeness (QED) is 0.161. The summed E-state index contributed by atoms with van der Waals surface area (Å²) < 4.78 is 19.6. The van der Waals surface area contributed by atoms with E-state index in [1.807, 2.05) is 0 Å². The highest BCUT2D eigenvalue weighted by Gasteiger charge is 2.45. The van der Waals surface area contributed by atoms with E-state index < -0.39 is 0 Å². The fourth-order valence-electron chi connectivity index (χ4n) is 12.8. The zero-order valence-electron chi connectivity index (χ0n) is 44.9. The number of hydrogen-bond acceptors (Lipinski definition) is 5. The summed E-state index contributed by atoms with van der Waals surface area (Å²) in [5.74, 6) is 2.36. The molecule has 1 aromatic heterocycles. The van der Waals surface area contributed by atoms with E-state index in [0.717, 1.165) is 78.9 Å². The number of rotatable bonds is 5. The predicted octanol–water partition coefficient (Wildman–Crippen LogP) is 16.5. The first-order chi connectivity index (χ1) is 36.6. The number of para-hydroxylation sites is 1. The van der Waals surface area contributed by atoms with E-state index in [9.17, 15) is 0 Å². The zero-order valence-corrected chi connectivity index (χ0v) is 44.9. The number of benzene rings is 9. The molecule has 0 N–H and O–H groups in total. The maximum atomic E-state index is 6.79.